The number of rotatable bonds is 8. The first kappa shape index (κ1) is 23.4. The van der Waals surface area contributed by atoms with Crippen LogP contribution in [-0.4, -0.2) is 35.4 Å². The van der Waals surface area contributed by atoms with Crippen molar-refractivity contribution in [3.05, 3.63) is 77.0 Å². The molecule has 33 heavy (non-hydrogen) atoms. The molecule has 174 valence electrons. The van der Waals surface area contributed by atoms with Gasteiger partial charge in [0.15, 0.2) is 0 Å². The van der Waals surface area contributed by atoms with Gasteiger partial charge in [0.1, 0.15) is 5.75 Å². The molecule has 5 nitrogen and oxygen atoms in total. The lowest BCUT2D eigenvalue weighted by Gasteiger charge is -2.42. The number of carboxylic acids is 1. The molecule has 0 aromatic heterocycles. The number of fused-ring (bicyclic) bond motifs is 1. The summed E-state index contributed by atoms with van der Waals surface area (Å²) >= 11 is 6.28. The number of carboxylic acid groups (broad SMARTS) is 1. The standard InChI is InChI=1S/C27H30ClNO4/c1-3-5-17-12-21(28)8-10-22(17)20-15-29(14-19-6-9-23(19)25(30)4-2)24-13-18(27(31)32)7-11-26(24)33-16-20/h4,7-8,10-13,16,19,23,25,30H,2-3,5-6,9,14-15H2,1H3,(H,31,32). The Kier molecular flexibility index (Phi) is 7.11. The van der Waals surface area contributed by atoms with Crippen LogP contribution in [0.15, 0.2) is 55.3 Å². The average Bonchev–Trinajstić information content (AvgIpc) is 2.96. The van der Waals surface area contributed by atoms with Crippen LogP contribution < -0.4 is 9.64 Å². The Balaban J connectivity index is 1.71. The third-order valence-corrected chi connectivity index (χ3v) is 7.01. The van der Waals surface area contributed by atoms with Crippen LogP contribution in [-0.2, 0) is 6.42 Å². The molecule has 1 aliphatic carbocycles. The fraction of sp³-hybridized carbons (Fsp3) is 0.370. The van der Waals surface area contributed by atoms with E-state index in [4.69, 9.17) is 16.3 Å². The quantitative estimate of drug-likeness (QED) is 0.480. The van der Waals surface area contributed by atoms with Crippen molar-refractivity contribution in [1.82, 2.24) is 0 Å². The van der Waals surface area contributed by atoms with Crippen molar-refractivity contribution >= 4 is 28.8 Å². The maximum absolute atomic E-state index is 11.7. The van der Waals surface area contributed by atoms with Gasteiger partial charge in [0.25, 0.3) is 0 Å². The first-order valence-electron chi connectivity index (χ1n) is 11.5. The second-order valence-electron chi connectivity index (χ2n) is 8.91. The molecule has 2 aromatic rings. The van der Waals surface area contributed by atoms with E-state index in [9.17, 15) is 15.0 Å². The van der Waals surface area contributed by atoms with Crippen LogP contribution in [0.3, 0.4) is 0 Å². The average molecular weight is 468 g/mol. The van der Waals surface area contributed by atoms with Crippen LogP contribution >= 0.6 is 11.6 Å². The number of ether oxygens (including phenoxy) is 1. The number of aliphatic hydroxyl groups is 1. The summed E-state index contributed by atoms with van der Waals surface area (Å²) in [5.74, 6) is 0.110. The summed E-state index contributed by atoms with van der Waals surface area (Å²) in [6.07, 6.45) is 6.73. The Hall–Kier alpha value is -2.76. The van der Waals surface area contributed by atoms with Gasteiger partial charge in [-0.25, -0.2) is 4.79 Å². The Morgan fingerprint density at radius 2 is 2.12 bits per heavy atom. The van der Waals surface area contributed by atoms with Crippen molar-refractivity contribution < 1.29 is 19.7 Å². The number of anilines is 1. The van der Waals surface area contributed by atoms with E-state index < -0.39 is 12.1 Å². The highest BCUT2D eigenvalue weighted by Gasteiger charge is 2.37. The van der Waals surface area contributed by atoms with Gasteiger partial charge in [-0.3, -0.25) is 0 Å². The van der Waals surface area contributed by atoms with Gasteiger partial charge in [0.2, 0.25) is 0 Å². The van der Waals surface area contributed by atoms with E-state index in [1.807, 2.05) is 18.2 Å². The van der Waals surface area contributed by atoms with Crippen molar-refractivity contribution in [2.75, 3.05) is 18.0 Å². The Bertz CT molecular complexity index is 1080. The molecule has 4 rings (SSSR count). The van der Waals surface area contributed by atoms with E-state index in [0.717, 1.165) is 42.5 Å². The largest absolute Gasteiger partial charge is 0.478 e. The van der Waals surface area contributed by atoms with E-state index in [1.165, 1.54) is 5.56 Å². The van der Waals surface area contributed by atoms with Crippen LogP contribution in [0.1, 0.15) is 47.7 Å². The van der Waals surface area contributed by atoms with Gasteiger partial charge in [-0.1, -0.05) is 37.1 Å². The molecule has 3 atom stereocenters. The molecule has 2 aromatic carbocycles. The minimum absolute atomic E-state index is 0.163. The summed E-state index contributed by atoms with van der Waals surface area (Å²) in [6.45, 7) is 7.15. The first-order chi connectivity index (χ1) is 15.9. The highest BCUT2D eigenvalue weighted by Crippen LogP contribution is 2.42. The van der Waals surface area contributed by atoms with Crippen molar-refractivity contribution in [2.45, 2.75) is 38.7 Å². The van der Waals surface area contributed by atoms with Gasteiger partial charge in [-0.2, -0.15) is 0 Å². The number of hydrogen-bond acceptors (Lipinski definition) is 4. The maximum Gasteiger partial charge on any atom is 0.335 e. The van der Waals surface area contributed by atoms with E-state index in [1.54, 1.807) is 30.5 Å². The Labute approximate surface area is 199 Å². The number of hydrogen-bond donors (Lipinski definition) is 2. The minimum Gasteiger partial charge on any atom is -0.478 e. The zero-order chi connectivity index (χ0) is 23.5. The molecule has 1 aliphatic heterocycles. The monoisotopic (exact) mass is 467 g/mol. The van der Waals surface area contributed by atoms with Crippen molar-refractivity contribution in [3.63, 3.8) is 0 Å². The zero-order valence-corrected chi connectivity index (χ0v) is 19.6. The molecule has 3 unspecified atom stereocenters. The lowest BCUT2D eigenvalue weighted by molar-refractivity contribution is 0.0468. The maximum atomic E-state index is 11.7. The molecular weight excluding hydrogens is 438 g/mol. The number of aromatic carboxylic acids is 1. The molecule has 1 heterocycles. The number of carbonyl (C=O) groups is 1. The molecule has 6 heteroatoms. The fourth-order valence-corrected chi connectivity index (χ4v) is 5.05. The number of benzene rings is 2. The normalized spacial score (nSPS) is 20.6. The van der Waals surface area contributed by atoms with Crippen LogP contribution in [0, 0.1) is 11.8 Å². The van der Waals surface area contributed by atoms with Crippen molar-refractivity contribution in [3.8, 4) is 5.75 Å². The highest BCUT2D eigenvalue weighted by molar-refractivity contribution is 6.30. The summed E-state index contributed by atoms with van der Waals surface area (Å²) in [5.41, 5.74) is 4.25. The molecule has 0 amide bonds. The van der Waals surface area contributed by atoms with Gasteiger partial charge in [0, 0.05) is 23.7 Å². The Morgan fingerprint density at radius 1 is 1.30 bits per heavy atom. The van der Waals surface area contributed by atoms with E-state index >= 15 is 0 Å². The number of aryl methyl sites for hydroxylation is 1. The molecule has 1 fully saturated rings. The molecule has 2 N–H and O–H groups in total. The van der Waals surface area contributed by atoms with E-state index in [2.05, 4.69) is 18.4 Å². The Morgan fingerprint density at radius 3 is 2.79 bits per heavy atom. The van der Waals surface area contributed by atoms with Gasteiger partial charge >= 0.3 is 5.97 Å². The van der Waals surface area contributed by atoms with Gasteiger partial charge in [0.05, 0.1) is 23.6 Å². The summed E-state index contributed by atoms with van der Waals surface area (Å²) in [5, 5.41) is 20.6. The minimum atomic E-state index is -0.971. The first-order valence-corrected chi connectivity index (χ1v) is 11.9. The second-order valence-corrected chi connectivity index (χ2v) is 9.34. The van der Waals surface area contributed by atoms with Gasteiger partial charge in [-0.05, 0) is 72.6 Å². The molecule has 2 aliphatic rings. The summed E-state index contributed by atoms with van der Waals surface area (Å²) in [6, 6.07) is 10.9. The molecule has 0 radical (unpaired) electrons. The molecule has 0 saturated heterocycles. The number of aliphatic hydroxyl groups excluding tert-OH is 1. The molecule has 1 saturated carbocycles. The van der Waals surface area contributed by atoms with Gasteiger partial charge < -0.3 is 19.8 Å². The smallest absolute Gasteiger partial charge is 0.335 e. The fourth-order valence-electron chi connectivity index (χ4n) is 4.85. The molecular formula is C27H30ClNO4. The number of halogens is 1. The lowest BCUT2D eigenvalue weighted by atomic mass is 9.70. The highest BCUT2D eigenvalue weighted by atomic mass is 35.5. The summed E-state index contributed by atoms with van der Waals surface area (Å²) in [7, 11) is 0. The van der Waals surface area contributed by atoms with Crippen LogP contribution in [0.5, 0.6) is 5.75 Å². The zero-order valence-electron chi connectivity index (χ0n) is 18.8. The second kappa shape index (κ2) is 10.0. The molecule has 0 bridgehead atoms. The van der Waals surface area contributed by atoms with E-state index in [0.29, 0.717) is 29.8 Å². The predicted octanol–water partition coefficient (Wildman–Crippen LogP) is 5.80. The van der Waals surface area contributed by atoms with Crippen LogP contribution in [0.4, 0.5) is 5.69 Å². The van der Waals surface area contributed by atoms with Gasteiger partial charge in [-0.15, -0.1) is 6.58 Å². The third kappa shape index (κ3) is 4.94. The predicted molar refractivity (Wildman–Crippen MR) is 132 cm³/mol. The van der Waals surface area contributed by atoms with Crippen molar-refractivity contribution in [2.24, 2.45) is 11.8 Å². The summed E-state index contributed by atoms with van der Waals surface area (Å²) < 4.78 is 6.08. The van der Waals surface area contributed by atoms with Crippen molar-refractivity contribution in [1.29, 1.82) is 0 Å². The van der Waals surface area contributed by atoms with Crippen LogP contribution in [0.25, 0.3) is 5.57 Å². The SMILES string of the molecule is C=CC(O)C1CCC1CN1CC(c2ccc(Cl)cc2CCC)=COc2ccc(C(=O)O)cc21. The third-order valence-electron chi connectivity index (χ3n) is 6.78. The number of nitrogens with zero attached hydrogens (tertiary/aromatic N) is 1. The lowest BCUT2D eigenvalue weighted by Crippen LogP contribution is -2.43. The van der Waals surface area contributed by atoms with E-state index in [-0.39, 0.29) is 11.5 Å². The molecule has 0 spiro atoms. The topological polar surface area (TPSA) is 70.0 Å². The van der Waals surface area contributed by atoms with Crippen LogP contribution in [0.2, 0.25) is 5.02 Å². The summed E-state index contributed by atoms with van der Waals surface area (Å²) in [4.78, 5) is 13.8.